The van der Waals surface area contributed by atoms with Gasteiger partial charge in [0.15, 0.2) is 0 Å². The number of likely N-dealkylation sites (N-methyl/N-ethyl adjacent to an activating group) is 1. The molecule has 1 atom stereocenters. The van der Waals surface area contributed by atoms with Crippen molar-refractivity contribution in [2.75, 3.05) is 19.6 Å². The molecule has 1 aromatic heterocycles. The van der Waals surface area contributed by atoms with E-state index in [1.165, 1.54) is 24.2 Å². The first-order chi connectivity index (χ1) is 8.70. The molecule has 2 rings (SSSR count). The Balaban J connectivity index is 1.97. The molecule has 3 nitrogen and oxygen atoms in total. The first-order valence-electron chi connectivity index (χ1n) is 6.48. The molecule has 1 aromatic rings. The number of piperidine rings is 1. The summed E-state index contributed by atoms with van der Waals surface area (Å²) in [5, 5.41) is 3.48. The Bertz CT molecular complexity index is 401. The van der Waals surface area contributed by atoms with Crippen LogP contribution >= 0.6 is 22.9 Å². The van der Waals surface area contributed by atoms with Crippen molar-refractivity contribution < 1.29 is 4.79 Å². The maximum atomic E-state index is 12.3. The maximum Gasteiger partial charge on any atom is 0.264 e. The fourth-order valence-electron chi connectivity index (χ4n) is 2.29. The highest BCUT2D eigenvalue weighted by Gasteiger charge is 2.21. The fourth-order valence-corrected chi connectivity index (χ4v) is 3.30. The molecular weight excluding hydrogens is 268 g/mol. The van der Waals surface area contributed by atoms with Gasteiger partial charge < -0.3 is 10.2 Å². The Morgan fingerprint density at radius 2 is 2.39 bits per heavy atom. The number of nitrogens with one attached hydrogen (secondary N) is 1. The molecule has 1 unspecified atom stereocenters. The van der Waals surface area contributed by atoms with Gasteiger partial charge in [0.25, 0.3) is 5.91 Å². The standard InChI is InChI=1S/C13H19ClN2OS/c1-2-16(9-10-5-3-4-8-15-10)13(17)11-6-7-12(14)18-11/h6-7,10,15H,2-5,8-9H2,1H3. The molecule has 1 fully saturated rings. The molecule has 0 spiro atoms. The van der Waals surface area contributed by atoms with Crippen LogP contribution in [-0.4, -0.2) is 36.5 Å². The number of amides is 1. The summed E-state index contributed by atoms with van der Waals surface area (Å²) < 4.78 is 0.671. The number of halogens is 1. The van der Waals surface area contributed by atoms with Gasteiger partial charge in [-0.15, -0.1) is 11.3 Å². The topological polar surface area (TPSA) is 32.3 Å². The molecule has 1 N–H and O–H groups in total. The molecule has 0 aromatic carbocycles. The first kappa shape index (κ1) is 13.8. The van der Waals surface area contributed by atoms with E-state index in [0.29, 0.717) is 10.4 Å². The van der Waals surface area contributed by atoms with Gasteiger partial charge >= 0.3 is 0 Å². The van der Waals surface area contributed by atoms with E-state index in [9.17, 15) is 4.79 Å². The highest BCUT2D eigenvalue weighted by atomic mass is 35.5. The van der Waals surface area contributed by atoms with Crippen LogP contribution in [0.2, 0.25) is 4.34 Å². The molecule has 1 saturated heterocycles. The van der Waals surface area contributed by atoms with Crippen molar-refractivity contribution in [1.82, 2.24) is 10.2 Å². The zero-order valence-corrected chi connectivity index (χ0v) is 12.2. The summed E-state index contributed by atoms with van der Waals surface area (Å²) in [6.07, 6.45) is 3.67. The van der Waals surface area contributed by atoms with E-state index in [4.69, 9.17) is 11.6 Å². The fraction of sp³-hybridized carbons (Fsp3) is 0.615. The van der Waals surface area contributed by atoms with Gasteiger partial charge in [0.1, 0.15) is 0 Å². The van der Waals surface area contributed by atoms with Crippen LogP contribution in [0.1, 0.15) is 35.9 Å². The lowest BCUT2D eigenvalue weighted by atomic mass is 10.0. The van der Waals surface area contributed by atoms with Crippen molar-refractivity contribution in [3.05, 3.63) is 21.3 Å². The van der Waals surface area contributed by atoms with Crippen LogP contribution in [0.15, 0.2) is 12.1 Å². The number of carbonyl (C=O) groups excluding carboxylic acids is 1. The van der Waals surface area contributed by atoms with Crippen molar-refractivity contribution >= 4 is 28.8 Å². The largest absolute Gasteiger partial charge is 0.337 e. The quantitative estimate of drug-likeness (QED) is 0.923. The summed E-state index contributed by atoms with van der Waals surface area (Å²) in [4.78, 5) is 15.0. The molecule has 1 aliphatic rings. The van der Waals surface area contributed by atoms with Crippen molar-refractivity contribution in [2.24, 2.45) is 0 Å². The second-order valence-electron chi connectivity index (χ2n) is 4.59. The molecule has 5 heteroatoms. The Hall–Kier alpha value is -0.580. The summed E-state index contributed by atoms with van der Waals surface area (Å²) >= 11 is 7.24. The van der Waals surface area contributed by atoms with E-state index in [2.05, 4.69) is 5.32 Å². The molecule has 100 valence electrons. The van der Waals surface area contributed by atoms with Crippen molar-refractivity contribution in [3.8, 4) is 0 Å². The second-order valence-corrected chi connectivity index (χ2v) is 6.31. The molecule has 1 aliphatic heterocycles. The maximum absolute atomic E-state index is 12.3. The van der Waals surface area contributed by atoms with Gasteiger partial charge in [-0.25, -0.2) is 0 Å². The lowest BCUT2D eigenvalue weighted by molar-refractivity contribution is 0.0746. The molecular formula is C13H19ClN2OS. The predicted octanol–water partition coefficient (Wildman–Crippen LogP) is 3.01. The lowest BCUT2D eigenvalue weighted by Crippen LogP contribution is -2.45. The summed E-state index contributed by atoms with van der Waals surface area (Å²) in [7, 11) is 0. The Kier molecular flexibility index (Phi) is 5.03. The highest BCUT2D eigenvalue weighted by Crippen LogP contribution is 2.23. The van der Waals surface area contributed by atoms with E-state index in [-0.39, 0.29) is 5.91 Å². The van der Waals surface area contributed by atoms with Crippen molar-refractivity contribution in [1.29, 1.82) is 0 Å². The van der Waals surface area contributed by atoms with Crippen molar-refractivity contribution in [2.45, 2.75) is 32.2 Å². The van der Waals surface area contributed by atoms with Crippen LogP contribution < -0.4 is 5.32 Å². The Morgan fingerprint density at radius 1 is 1.56 bits per heavy atom. The van der Waals surface area contributed by atoms with E-state index >= 15 is 0 Å². The molecule has 1 amide bonds. The van der Waals surface area contributed by atoms with Gasteiger partial charge in [0.2, 0.25) is 0 Å². The van der Waals surface area contributed by atoms with Gasteiger partial charge in [0, 0.05) is 19.1 Å². The van der Waals surface area contributed by atoms with E-state index in [1.54, 1.807) is 6.07 Å². The third-order valence-corrected chi connectivity index (χ3v) is 4.53. The normalized spacial score (nSPS) is 19.8. The van der Waals surface area contributed by atoms with Crippen LogP contribution in [0.25, 0.3) is 0 Å². The zero-order valence-electron chi connectivity index (χ0n) is 10.6. The molecule has 0 aliphatic carbocycles. The summed E-state index contributed by atoms with van der Waals surface area (Å²) in [5.74, 6) is 0.0989. The Morgan fingerprint density at radius 3 is 2.94 bits per heavy atom. The van der Waals surface area contributed by atoms with E-state index < -0.39 is 0 Å². The van der Waals surface area contributed by atoms with Gasteiger partial charge in [0.05, 0.1) is 9.21 Å². The molecule has 0 saturated carbocycles. The Labute approximate surface area is 117 Å². The second kappa shape index (κ2) is 6.55. The van der Waals surface area contributed by atoms with Crippen LogP contribution in [-0.2, 0) is 0 Å². The van der Waals surface area contributed by atoms with Gasteiger partial charge in [-0.2, -0.15) is 0 Å². The summed E-state index contributed by atoms with van der Waals surface area (Å²) in [6.45, 7) is 4.63. The molecule has 0 radical (unpaired) electrons. The van der Waals surface area contributed by atoms with E-state index in [1.807, 2.05) is 17.9 Å². The number of thiophene rings is 1. The molecule has 18 heavy (non-hydrogen) atoms. The van der Waals surface area contributed by atoms with Gasteiger partial charge in [-0.1, -0.05) is 18.0 Å². The van der Waals surface area contributed by atoms with Crippen LogP contribution in [0.3, 0.4) is 0 Å². The van der Waals surface area contributed by atoms with Crippen molar-refractivity contribution in [3.63, 3.8) is 0 Å². The zero-order chi connectivity index (χ0) is 13.0. The minimum atomic E-state index is 0.0989. The van der Waals surface area contributed by atoms with E-state index in [0.717, 1.165) is 30.9 Å². The average molecular weight is 287 g/mol. The van der Waals surface area contributed by atoms with Gasteiger partial charge in [-0.3, -0.25) is 4.79 Å². The molecule has 2 heterocycles. The number of nitrogens with zero attached hydrogens (tertiary/aromatic N) is 1. The third-order valence-electron chi connectivity index (χ3n) is 3.31. The average Bonchev–Trinajstić information content (AvgIpc) is 2.83. The van der Waals surface area contributed by atoms with Crippen LogP contribution in [0, 0.1) is 0 Å². The minimum absolute atomic E-state index is 0.0989. The molecule has 0 bridgehead atoms. The number of hydrogen-bond acceptors (Lipinski definition) is 3. The van der Waals surface area contributed by atoms with Gasteiger partial charge in [-0.05, 0) is 38.4 Å². The number of hydrogen-bond donors (Lipinski definition) is 1. The predicted molar refractivity (Wildman–Crippen MR) is 76.5 cm³/mol. The number of carbonyl (C=O) groups is 1. The van der Waals surface area contributed by atoms with Crippen LogP contribution in [0.4, 0.5) is 0 Å². The summed E-state index contributed by atoms with van der Waals surface area (Å²) in [5.41, 5.74) is 0. The SMILES string of the molecule is CCN(CC1CCCCN1)C(=O)c1ccc(Cl)s1. The number of rotatable bonds is 4. The minimum Gasteiger partial charge on any atom is -0.337 e. The third kappa shape index (κ3) is 3.46. The monoisotopic (exact) mass is 286 g/mol. The van der Waals surface area contributed by atoms with Crippen LogP contribution in [0.5, 0.6) is 0 Å². The highest BCUT2D eigenvalue weighted by molar-refractivity contribution is 7.17. The smallest absolute Gasteiger partial charge is 0.264 e. The lowest BCUT2D eigenvalue weighted by Gasteiger charge is -2.29. The first-order valence-corrected chi connectivity index (χ1v) is 7.68. The summed E-state index contributed by atoms with van der Waals surface area (Å²) in [6, 6.07) is 4.04.